The number of carbonyl (C=O) groups excluding carboxylic acids is 1. The lowest BCUT2D eigenvalue weighted by atomic mass is 10.1. The van der Waals surface area contributed by atoms with E-state index in [1.807, 2.05) is 0 Å². The van der Waals surface area contributed by atoms with Gasteiger partial charge in [0.15, 0.2) is 5.82 Å². The minimum atomic E-state index is -4.62. The van der Waals surface area contributed by atoms with Gasteiger partial charge in [0.05, 0.1) is 48.7 Å². The molecule has 0 saturated heterocycles. The maximum Gasteiger partial charge on any atom is 0.280 e. The molecular formula is C26H19F5N4O5S. The summed E-state index contributed by atoms with van der Waals surface area (Å²) in [4.78, 5) is 24.1. The molecular weight excluding hydrogens is 575 g/mol. The van der Waals surface area contributed by atoms with E-state index in [0.29, 0.717) is 5.39 Å². The highest BCUT2D eigenvalue weighted by atomic mass is 32.2. The van der Waals surface area contributed by atoms with E-state index in [9.17, 15) is 30.8 Å². The monoisotopic (exact) mass is 594 g/mol. The zero-order valence-electron chi connectivity index (χ0n) is 21.0. The standard InChI is InChI=1S/C26H19F5N4O5S/c1-39-26-14(3-5-18(35-26)24(30)31)17-4-2-12-8-32-19(22(29)23(12)34-17)9-33-25(36)13-6-16(27)15-10-40-11-21(28)41(37,38)20(15)7-13/h2-8,21,24H,9-11H2,1H3,(H,33,36)/t21-/m1/s1. The van der Waals surface area contributed by atoms with Crippen LogP contribution in [-0.4, -0.2) is 48.5 Å². The number of rotatable bonds is 6. The first-order valence-corrected chi connectivity index (χ1v) is 13.4. The van der Waals surface area contributed by atoms with Crippen LogP contribution in [0.25, 0.3) is 22.2 Å². The molecule has 1 N–H and O–H groups in total. The van der Waals surface area contributed by atoms with Gasteiger partial charge in [0.25, 0.3) is 12.3 Å². The summed E-state index contributed by atoms with van der Waals surface area (Å²) in [5.41, 5.74) is -3.80. The van der Waals surface area contributed by atoms with Crippen LogP contribution < -0.4 is 10.1 Å². The van der Waals surface area contributed by atoms with E-state index in [-0.39, 0.29) is 28.3 Å². The lowest BCUT2D eigenvalue weighted by Crippen LogP contribution is -2.25. The van der Waals surface area contributed by atoms with Gasteiger partial charge in [-0.25, -0.2) is 40.3 Å². The molecule has 5 rings (SSSR count). The van der Waals surface area contributed by atoms with Crippen LogP contribution in [0.3, 0.4) is 0 Å². The molecule has 0 bridgehead atoms. The smallest absolute Gasteiger partial charge is 0.280 e. The van der Waals surface area contributed by atoms with Crippen LogP contribution >= 0.6 is 0 Å². The molecule has 1 amide bonds. The molecule has 0 spiro atoms. The number of fused-ring (bicyclic) bond motifs is 2. The molecule has 1 aliphatic heterocycles. The van der Waals surface area contributed by atoms with Crippen molar-refractivity contribution in [1.82, 2.24) is 20.3 Å². The number of nitrogens with zero attached hydrogens (tertiary/aromatic N) is 3. The van der Waals surface area contributed by atoms with Crippen molar-refractivity contribution in [2.24, 2.45) is 0 Å². The third-order valence-corrected chi connectivity index (χ3v) is 8.08. The van der Waals surface area contributed by atoms with Crippen LogP contribution in [-0.2, 0) is 27.7 Å². The number of hydrogen-bond donors (Lipinski definition) is 1. The quantitative estimate of drug-likeness (QED) is 0.326. The Morgan fingerprint density at radius 1 is 1.17 bits per heavy atom. The number of aromatic nitrogens is 3. The van der Waals surface area contributed by atoms with Crippen molar-refractivity contribution >= 4 is 26.6 Å². The van der Waals surface area contributed by atoms with Crippen LogP contribution in [0.1, 0.15) is 33.7 Å². The van der Waals surface area contributed by atoms with Crippen LogP contribution in [0.4, 0.5) is 22.0 Å². The van der Waals surface area contributed by atoms with Gasteiger partial charge in [-0.3, -0.25) is 9.78 Å². The predicted molar refractivity (Wildman–Crippen MR) is 134 cm³/mol. The molecule has 0 unspecified atom stereocenters. The van der Waals surface area contributed by atoms with Gasteiger partial charge in [0.1, 0.15) is 17.0 Å². The van der Waals surface area contributed by atoms with E-state index in [4.69, 9.17) is 9.47 Å². The topological polar surface area (TPSA) is 120 Å². The van der Waals surface area contributed by atoms with Crippen LogP contribution in [0.2, 0.25) is 0 Å². The number of sulfone groups is 1. The second-order valence-electron chi connectivity index (χ2n) is 8.83. The Morgan fingerprint density at radius 3 is 2.68 bits per heavy atom. The van der Waals surface area contributed by atoms with Crippen molar-refractivity contribution < 1.29 is 44.6 Å². The van der Waals surface area contributed by atoms with Gasteiger partial charge >= 0.3 is 0 Å². The van der Waals surface area contributed by atoms with Crippen molar-refractivity contribution in [2.45, 2.75) is 30.0 Å². The van der Waals surface area contributed by atoms with Gasteiger partial charge in [-0.2, -0.15) is 0 Å². The van der Waals surface area contributed by atoms with Crippen LogP contribution in [0, 0.1) is 11.6 Å². The van der Waals surface area contributed by atoms with Crippen molar-refractivity contribution in [3.63, 3.8) is 0 Å². The molecule has 0 fully saturated rings. The minimum absolute atomic E-state index is 0.141. The number of benzene rings is 1. The fraction of sp³-hybridized carbons (Fsp3) is 0.231. The fourth-order valence-corrected chi connectivity index (χ4v) is 5.52. The van der Waals surface area contributed by atoms with Gasteiger partial charge in [-0.15, -0.1) is 0 Å². The van der Waals surface area contributed by atoms with E-state index in [0.717, 1.165) is 18.2 Å². The zero-order valence-corrected chi connectivity index (χ0v) is 21.8. The van der Waals surface area contributed by atoms with Gasteiger partial charge < -0.3 is 14.8 Å². The first-order chi connectivity index (χ1) is 19.5. The van der Waals surface area contributed by atoms with Gasteiger partial charge in [-0.05, 0) is 36.4 Å². The Hall–Kier alpha value is -4.24. The van der Waals surface area contributed by atoms with E-state index in [2.05, 4.69) is 20.3 Å². The lowest BCUT2D eigenvalue weighted by Gasteiger charge is -2.12. The first kappa shape index (κ1) is 28.3. The highest BCUT2D eigenvalue weighted by molar-refractivity contribution is 7.92. The molecule has 3 aromatic heterocycles. The van der Waals surface area contributed by atoms with Crippen LogP contribution in [0.5, 0.6) is 5.88 Å². The highest BCUT2D eigenvalue weighted by Gasteiger charge is 2.35. The molecule has 9 nitrogen and oxygen atoms in total. The number of amides is 1. The fourth-order valence-electron chi connectivity index (χ4n) is 4.17. The number of ether oxygens (including phenoxy) is 2. The summed E-state index contributed by atoms with van der Waals surface area (Å²) in [5, 5.41) is 2.62. The lowest BCUT2D eigenvalue weighted by molar-refractivity contribution is 0.0938. The number of halogens is 5. The van der Waals surface area contributed by atoms with E-state index < -0.39 is 80.8 Å². The maximum absolute atomic E-state index is 15.4. The van der Waals surface area contributed by atoms with Gasteiger partial charge in [-0.1, -0.05) is 0 Å². The minimum Gasteiger partial charge on any atom is -0.480 e. The molecule has 1 aliphatic rings. The van der Waals surface area contributed by atoms with Crippen LogP contribution in [0.15, 0.2) is 47.5 Å². The molecule has 1 aromatic carbocycles. The molecule has 0 radical (unpaired) electrons. The average Bonchev–Trinajstić information content (AvgIpc) is 3.07. The molecule has 4 heterocycles. The Balaban J connectivity index is 1.43. The number of nitrogens with one attached hydrogen (secondary N) is 1. The van der Waals surface area contributed by atoms with E-state index >= 15 is 4.39 Å². The number of methoxy groups -OCH3 is 1. The zero-order chi connectivity index (χ0) is 29.5. The molecule has 1 atom stereocenters. The highest BCUT2D eigenvalue weighted by Crippen LogP contribution is 2.32. The maximum atomic E-state index is 15.4. The number of alkyl halides is 3. The second kappa shape index (κ2) is 11.0. The van der Waals surface area contributed by atoms with Crippen molar-refractivity contribution in [3.8, 4) is 17.1 Å². The Morgan fingerprint density at radius 2 is 1.95 bits per heavy atom. The first-order valence-electron chi connectivity index (χ1n) is 11.8. The second-order valence-corrected chi connectivity index (χ2v) is 10.9. The summed E-state index contributed by atoms with van der Waals surface area (Å²) in [5.74, 6) is -3.10. The predicted octanol–water partition coefficient (Wildman–Crippen LogP) is 4.45. The van der Waals surface area contributed by atoms with Gasteiger partial charge in [0, 0.05) is 22.7 Å². The summed E-state index contributed by atoms with van der Waals surface area (Å²) in [6.07, 6.45) is -1.53. The van der Waals surface area contributed by atoms with E-state index in [1.54, 1.807) is 0 Å². The van der Waals surface area contributed by atoms with Crippen molar-refractivity contribution in [3.05, 3.63) is 76.7 Å². The summed E-state index contributed by atoms with van der Waals surface area (Å²) in [6, 6.07) is 7.01. The summed E-state index contributed by atoms with van der Waals surface area (Å²) in [7, 11) is -3.38. The molecule has 214 valence electrons. The number of carbonyl (C=O) groups is 1. The van der Waals surface area contributed by atoms with Crippen molar-refractivity contribution in [1.29, 1.82) is 0 Å². The summed E-state index contributed by atoms with van der Waals surface area (Å²) < 4.78 is 105. The third kappa shape index (κ3) is 5.29. The Kier molecular flexibility index (Phi) is 7.57. The molecule has 0 aliphatic carbocycles. The number of pyridine rings is 3. The summed E-state index contributed by atoms with van der Waals surface area (Å²) >= 11 is 0. The third-order valence-electron chi connectivity index (χ3n) is 6.29. The molecule has 0 saturated carbocycles. The summed E-state index contributed by atoms with van der Waals surface area (Å²) in [6.45, 7) is -1.78. The Bertz CT molecular complexity index is 1790. The van der Waals surface area contributed by atoms with Gasteiger partial charge in [0.2, 0.25) is 21.2 Å². The number of hydrogen-bond acceptors (Lipinski definition) is 8. The van der Waals surface area contributed by atoms with Crippen molar-refractivity contribution in [2.75, 3.05) is 13.7 Å². The SMILES string of the molecule is COc1nc(C(F)F)ccc1-c1ccc2cnc(CNC(=O)c3cc(F)c4c(c3)S(=O)(=O)[C@@H](F)COC4)c(F)c2n1. The molecule has 41 heavy (non-hydrogen) atoms. The molecule has 4 aromatic rings. The molecule has 15 heteroatoms. The van der Waals surface area contributed by atoms with E-state index in [1.165, 1.54) is 31.5 Å². The largest absolute Gasteiger partial charge is 0.480 e. The normalized spacial score (nSPS) is 16.3. The average molecular weight is 595 g/mol. The Labute approximate surface area is 229 Å².